The SMILES string of the molecule is Cc1cccc(C(=O)NNC(=O)c2ccc(NC(=O)c3ccco3)cc2)c1. The molecule has 3 N–H and O–H groups in total. The maximum atomic E-state index is 12.1. The highest BCUT2D eigenvalue weighted by Gasteiger charge is 2.11. The fraction of sp³-hybridized carbons (Fsp3) is 0.0500. The molecule has 1 heterocycles. The number of hydrazine groups is 1. The van der Waals surface area contributed by atoms with Crippen molar-refractivity contribution in [1.82, 2.24) is 10.9 Å². The number of hydrogen-bond donors (Lipinski definition) is 3. The van der Waals surface area contributed by atoms with Gasteiger partial charge in [-0.25, -0.2) is 0 Å². The minimum Gasteiger partial charge on any atom is -0.459 e. The average Bonchev–Trinajstić information content (AvgIpc) is 3.21. The van der Waals surface area contributed by atoms with Gasteiger partial charge in [0.25, 0.3) is 17.7 Å². The zero-order chi connectivity index (χ0) is 19.2. The molecule has 136 valence electrons. The summed E-state index contributed by atoms with van der Waals surface area (Å²) in [5, 5.41) is 2.65. The van der Waals surface area contributed by atoms with Crippen LogP contribution in [-0.4, -0.2) is 17.7 Å². The maximum absolute atomic E-state index is 12.1. The van der Waals surface area contributed by atoms with E-state index in [1.54, 1.807) is 42.5 Å². The first-order valence-corrected chi connectivity index (χ1v) is 8.15. The van der Waals surface area contributed by atoms with E-state index < -0.39 is 11.8 Å². The van der Waals surface area contributed by atoms with Crippen molar-refractivity contribution in [3.63, 3.8) is 0 Å². The molecule has 0 aliphatic carbocycles. The largest absolute Gasteiger partial charge is 0.459 e. The predicted molar refractivity (Wildman–Crippen MR) is 99.2 cm³/mol. The Hall–Kier alpha value is -3.87. The number of anilines is 1. The lowest BCUT2D eigenvalue weighted by Gasteiger charge is -2.09. The van der Waals surface area contributed by atoms with Gasteiger partial charge in [-0.1, -0.05) is 17.7 Å². The molecule has 7 heteroatoms. The Bertz CT molecular complexity index is 963. The van der Waals surface area contributed by atoms with Crippen LogP contribution in [0.3, 0.4) is 0 Å². The van der Waals surface area contributed by atoms with Crippen LogP contribution in [0.5, 0.6) is 0 Å². The molecule has 0 unspecified atom stereocenters. The molecule has 0 fully saturated rings. The summed E-state index contributed by atoms with van der Waals surface area (Å²) in [6.07, 6.45) is 1.41. The van der Waals surface area contributed by atoms with Gasteiger partial charge in [0.05, 0.1) is 6.26 Å². The third kappa shape index (κ3) is 4.60. The zero-order valence-electron chi connectivity index (χ0n) is 14.5. The van der Waals surface area contributed by atoms with Gasteiger partial charge in [-0.05, 0) is 55.5 Å². The van der Waals surface area contributed by atoms with E-state index in [4.69, 9.17) is 4.42 Å². The summed E-state index contributed by atoms with van der Waals surface area (Å²) in [6, 6.07) is 16.4. The minimum atomic E-state index is -0.472. The molecule has 0 aliphatic rings. The van der Waals surface area contributed by atoms with Crippen LogP contribution in [0.15, 0.2) is 71.3 Å². The van der Waals surface area contributed by atoms with Crippen LogP contribution in [-0.2, 0) is 0 Å². The Morgan fingerprint density at radius 2 is 1.48 bits per heavy atom. The molecular weight excluding hydrogens is 346 g/mol. The standard InChI is InChI=1S/C20H17N3O4/c1-13-4-2-5-15(12-13)19(25)23-22-18(24)14-7-9-16(10-8-14)21-20(26)17-6-3-11-27-17/h2-12H,1H3,(H,21,26)(H,22,24)(H,23,25). The molecule has 3 aromatic rings. The zero-order valence-corrected chi connectivity index (χ0v) is 14.5. The van der Waals surface area contributed by atoms with Gasteiger partial charge in [-0.15, -0.1) is 0 Å². The lowest BCUT2D eigenvalue weighted by atomic mass is 10.1. The summed E-state index contributed by atoms with van der Waals surface area (Å²) in [5.74, 6) is -1.08. The molecule has 0 saturated carbocycles. The second kappa shape index (κ2) is 8.01. The molecule has 0 aliphatic heterocycles. The summed E-state index contributed by atoms with van der Waals surface area (Å²) in [4.78, 5) is 36.1. The van der Waals surface area contributed by atoms with Gasteiger partial charge in [-0.3, -0.25) is 25.2 Å². The van der Waals surface area contributed by atoms with E-state index in [0.29, 0.717) is 16.8 Å². The van der Waals surface area contributed by atoms with Gasteiger partial charge >= 0.3 is 0 Å². The maximum Gasteiger partial charge on any atom is 0.291 e. The highest BCUT2D eigenvalue weighted by atomic mass is 16.3. The van der Waals surface area contributed by atoms with Crippen molar-refractivity contribution in [2.45, 2.75) is 6.92 Å². The van der Waals surface area contributed by atoms with Crippen LogP contribution in [0.25, 0.3) is 0 Å². The summed E-state index contributed by atoms with van der Waals surface area (Å²) < 4.78 is 5.01. The van der Waals surface area contributed by atoms with E-state index in [-0.39, 0.29) is 11.7 Å². The molecule has 27 heavy (non-hydrogen) atoms. The van der Waals surface area contributed by atoms with E-state index >= 15 is 0 Å². The van der Waals surface area contributed by atoms with E-state index in [9.17, 15) is 14.4 Å². The number of aryl methyl sites for hydroxylation is 1. The number of benzene rings is 2. The highest BCUT2D eigenvalue weighted by Crippen LogP contribution is 2.12. The van der Waals surface area contributed by atoms with Crippen LogP contribution in [0.1, 0.15) is 36.8 Å². The molecule has 2 aromatic carbocycles. The third-order valence-electron chi connectivity index (χ3n) is 3.72. The average molecular weight is 363 g/mol. The number of furan rings is 1. The van der Waals surface area contributed by atoms with E-state index in [1.165, 1.54) is 18.4 Å². The lowest BCUT2D eigenvalue weighted by molar-refractivity contribution is 0.0846. The number of rotatable bonds is 4. The van der Waals surface area contributed by atoms with Crippen LogP contribution < -0.4 is 16.2 Å². The number of carbonyl (C=O) groups is 3. The Labute approximate surface area is 155 Å². The topological polar surface area (TPSA) is 100 Å². The van der Waals surface area contributed by atoms with E-state index in [0.717, 1.165) is 5.56 Å². The minimum absolute atomic E-state index is 0.190. The molecule has 0 bridgehead atoms. The number of amides is 3. The predicted octanol–water partition coefficient (Wildman–Crippen LogP) is 2.92. The van der Waals surface area contributed by atoms with Gasteiger partial charge in [0.1, 0.15) is 0 Å². The molecular formula is C20H17N3O4. The smallest absolute Gasteiger partial charge is 0.291 e. The van der Waals surface area contributed by atoms with Gasteiger partial charge in [0.15, 0.2) is 5.76 Å². The number of nitrogens with one attached hydrogen (secondary N) is 3. The third-order valence-corrected chi connectivity index (χ3v) is 3.72. The van der Waals surface area contributed by atoms with Gasteiger partial charge in [-0.2, -0.15) is 0 Å². The van der Waals surface area contributed by atoms with Crippen molar-refractivity contribution in [2.24, 2.45) is 0 Å². The van der Waals surface area contributed by atoms with Crippen molar-refractivity contribution in [3.05, 3.63) is 89.4 Å². The summed E-state index contributed by atoms with van der Waals surface area (Å²) in [7, 11) is 0. The Kier molecular flexibility index (Phi) is 5.32. The first-order chi connectivity index (χ1) is 13.0. The molecule has 0 saturated heterocycles. The Morgan fingerprint density at radius 3 is 2.11 bits per heavy atom. The lowest BCUT2D eigenvalue weighted by Crippen LogP contribution is -2.41. The molecule has 0 atom stereocenters. The first kappa shape index (κ1) is 17.9. The Morgan fingerprint density at radius 1 is 0.778 bits per heavy atom. The van der Waals surface area contributed by atoms with Crippen LogP contribution >= 0.6 is 0 Å². The van der Waals surface area contributed by atoms with E-state index in [2.05, 4.69) is 16.2 Å². The van der Waals surface area contributed by atoms with Crippen molar-refractivity contribution >= 4 is 23.4 Å². The Balaban J connectivity index is 1.56. The molecule has 3 amide bonds. The summed E-state index contributed by atoms with van der Waals surface area (Å²) in [6.45, 7) is 1.88. The second-order valence-electron chi connectivity index (χ2n) is 5.79. The fourth-order valence-corrected chi connectivity index (χ4v) is 2.35. The molecule has 7 nitrogen and oxygen atoms in total. The van der Waals surface area contributed by atoms with Gasteiger partial charge < -0.3 is 9.73 Å². The molecule has 3 rings (SSSR count). The van der Waals surface area contributed by atoms with Crippen LogP contribution in [0, 0.1) is 6.92 Å². The molecule has 1 aromatic heterocycles. The van der Waals surface area contributed by atoms with Crippen molar-refractivity contribution < 1.29 is 18.8 Å². The van der Waals surface area contributed by atoms with Gasteiger partial charge in [0.2, 0.25) is 0 Å². The van der Waals surface area contributed by atoms with Crippen molar-refractivity contribution in [1.29, 1.82) is 0 Å². The number of carbonyl (C=O) groups excluding carboxylic acids is 3. The normalized spacial score (nSPS) is 10.1. The van der Waals surface area contributed by atoms with Crippen LogP contribution in [0.2, 0.25) is 0 Å². The number of hydrogen-bond acceptors (Lipinski definition) is 4. The van der Waals surface area contributed by atoms with Gasteiger partial charge in [0, 0.05) is 16.8 Å². The van der Waals surface area contributed by atoms with E-state index in [1.807, 2.05) is 13.0 Å². The van der Waals surface area contributed by atoms with Crippen molar-refractivity contribution in [2.75, 3.05) is 5.32 Å². The molecule has 0 radical (unpaired) electrons. The fourth-order valence-electron chi connectivity index (χ4n) is 2.35. The monoisotopic (exact) mass is 363 g/mol. The van der Waals surface area contributed by atoms with Crippen molar-refractivity contribution in [3.8, 4) is 0 Å². The summed E-state index contributed by atoms with van der Waals surface area (Å²) >= 11 is 0. The first-order valence-electron chi connectivity index (χ1n) is 8.15. The molecule has 0 spiro atoms. The highest BCUT2D eigenvalue weighted by molar-refractivity contribution is 6.03. The second-order valence-corrected chi connectivity index (χ2v) is 5.79. The quantitative estimate of drug-likeness (QED) is 0.621. The summed E-state index contributed by atoms with van der Waals surface area (Å²) in [5.41, 5.74) is 6.96. The van der Waals surface area contributed by atoms with Crippen LogP contribution in [0.4, 0.5) is 5.69 Å².